The van der Waals surface area contributed by atoms with Gasteiger partial charge >= 0.3 is 0 Å². The third-order valence-electron chi connectivity index (χ3n) is 3.84. The van der Waals surface area contributed by atoms with Crippen LogP contribution in [0.5, 0.6) is 0 Å². The summed E-state index contributed by atoms with van der Waals surface area (Å²) in [5, 5.41) is 2.88. The Balaban J connectivity index is 1.64. The van der Waals surface area contributed by atoms with Crippen LogP contribution in [-0.4, -0.2) is 45.5 Å². The molecule has 0 aromatic rings. The topological polar surface area (TPSA) is 67.4 Å². The van der Waals surface area contributed by atoms with Gasteiger partial charge in [-0.15, -0.1) is 0 Å². The van der Waals surface area contributed by atoms with E-state index in [4.69, 9.17) is 4.74 Å². The molecule has 1 saturated heterocycles. The van der Waals surface area contributed by atoms with Crippen LogP contribution in [0.25, 0.3) is 0 Å². The van der Waals surface area contributed by atoms with Gasteiger partial charge in [0.05, 0.1) is 11.4 Å². The summed E-state index contributed by atoms with van der Waals surface area (Å²) in [7, 11) is -3.20. The molecule has 2 N–H and O–H groups in total. The molecule has 1 saturated carbocycles. The quantitative estimate of drug-likeness (QED) is 0.700. The maximum atomic E-state index is 12.0. The van der Waals surface area contributed by atoms with Gasteiger partial charge in [0.2, 0.25) is 10.0 Å². The zero-order chi connectivity index (χ0) is 13.7. The Labute approximate surface area is 116 Å². The van der Waals surface area contributed by atoms with E-state index in [-0.39, 0.29) is 11.4 Å². The molecular formula is C13H26N2O3S. The van der Waals surface area contributed by atoms with Gasteiger partial charge in [0.1, 0.15) is 0 Å². The molecule has 1 heterocycles. The molecule has 0 bridgehead atoms. The summed E-state index contributed by atoms with van der Waals surface area (Å²) >= 11 is 0. The lowest BCUT2D eigenvalue weighted by Gasteiger charge is -2.23. The molecule has 1 aliphatic carbocycles. The Kier molecular flexibility index (Phi) is 5.62. The minimum atomic E-state index is -3.20. The molecule has 2 unspecified atom stereocenters. The first kappa shape index (κ1) is 15.2. The van der Waals surface area contributed by atoms with Crippen molar-refractivity contribution in [2.24, 2.45) is 0 Å². The lowest BCUT2D eigenvalue weighted by molar-refractivity contribution is 0.0123. The minimum Gasteiger partial charge on any atom is -0.378 e. The number of nitrogens with one attached hydrogen (secondary N) is 2. The van der Waals surface area contributed by atoms with Crippen molar-refractivity contribution in [2.45, 2.75) is 62.8 Å². The highest BCUT2D eigenvalue weighted by molar-refractivity contribution is 7.90. The van der Waals surface area contributed by atoms with Crippen molar-refractivity contribution >= 4 is 10.0 Å². The Morgan fingerprint density at radius 3 is 2.68 bits per heavy atom. The second-order valence-electron chi connectivity index (χ2n) is 5.71. The number of hydrogen-bond acceptors (Lipinski definition) is 4. The van der Waals surface area contributed by atoms with Gasteiger partial charge < -0.3 is 10.1 Å². The summed E-state index contributed by atoms with van der Waals surface area (Å²) in [5.41, 5.74) is 0. The molecule has 2 atom stereocenters. The second-order valence-corrected chi connectivity index (χ2v) is 7.89. The van der Waals surface area contributed by atoms with Crippen LogP contribution in [0.2, 0.25) is 0 Å². The monoisotopic (exact) mass is 290 g/mol. The average Bonchev–Trinajstić information content (AvgIpc) is 3.21. The van der Waals surface area contributed by atoms with E-state index in [1.54, 1.807) is 6.92 Å². The van der Waals surface area contributed by atoms with Gasteiger partial charge in [-0.1, -0.05) is 0 Å². The third-order valence-corrected chi connectivity index (χ3v) is 5.68. The van der Waals surface area contributed by atoms with Gasteiger partial charge in [-0.25, -0.2) is 13.1 Å². The molecule has 112 valence electrons. The highest BCUT2D eigenvalue weighted by Crippen LogP contribution is 2.19. The molecule has 0 aromatic carbocycles. The molecule has 19 heavy (non-hydrogen) atoms. The smallest absolute Gasteiger partial charge is 0.215 e. The van der Waals surface area contributed by atoms with E-state index >= 15 is 0 Å². The van der Waals surface area contributed by atoms with Crippen molar-refractivity contribution in [3.8, 4) is 0 Å². The minimum absolute atomic E-state index is 0.233. The van der Waals surface area contributed by atoms with Gasteiger partial charge in [0, 0.05) is 25.7 Å². The highest BCUT2D eigenvalue weighted by Gasteiger charge is 2.25. The Morgan fingerprint density at radius 1 is 1.26 bits per heavy atom. The molecule has 1 aliphatic heterocycles. The highest BCUT2D eigenvalue weighted by atomic mass is 32.2. The van der Waals surface area contributed by atoms with Crippen LogP contribution in [-0.2, 0) is 14.8 Å². The molecule has 2 fully saturated rings. The third kappa shape index (κ3) is 5.38. The van der Waals surface area contributed by atoms with E-state index in [0.29, 0.717) is 19.1 Å². The largest absolute Gasteiger partial charge is 0.378 e. The predicted octanol–water partition coefficient (Wildman–Crippen LogP) is 1.01. The van der Waals surface area contributed by atoms with Crippen LogP contribution < -0.4 is 10.0 Å². The summed E-state index contributed by atoms with van der Waals surface area (Å²) in [4.78, 5) is 0. The lowest BCUT2D eigenvalue weighted by atomic mass is 10.1. The zero-order valence-electron chi connectivity index (χ0n) is 11.7. The average molecular weight is 290 g/mol. The van der Waals surface area contributed by atoms with Gasteiger partial charge in [0.15, 0.2) is 0 Å². The van der Waals surface area contributed by atoms with Gasteiger partial charge in [-0.05, 0) is 45.4 Å². The summed E-state index contributed by atoms with van der Waals surface area (Å²) < 4.78 is 32.3. The fourth-order valence-corrected chi connectivity index (χ4v) is 3.27. The van der Waals surface area contributed by atoms with Crippen LogP contribution >= 0.6 is 0 Å². The number of ether oxygens (including phenoxy) is 1. The number of hydrogen-bond donors (Lipinski definition) is 2. The molecule has 6 heteroatoms. The molecule has 0 aromatic heterocycles. The van der Waals surface area contributed by atoms with Crippen molar-refractivity contribution in [1.82, 2.24) is 10.0 Å². The van der Waals surface area contributed by atoms with Crippen LogP contribution in [0.3, 0.4) is 0 Å². The fraction of sp³-hybridized carbons (Fsp3) is 1.00. The first-order valence-corrected chi connectivity index (χ1v) is 8.96. The van der Waals surface area contributed by atoms with Crippen molar-refractivity contribution in [2.75, 3.05) is 19.7 Å². The first-order valence-electron chi connectivity index (χ1n) is 7.41. The van der Waals surface area contributed by atoms with Crippen LogP contribution in [0.15, 0.2) is 0 Å². The maximum absolute atomic E-state index is 12.0. The standard InChI is InChI=1S/C13H26N2O3S/c1-11(10-14-12-5-6-12)19(16,17)15-8-7-13-4-2-3-9-18-13/h11-15H,2-10H2,1H3. The lowest BCUT2D eigenvalue weighted by Crippen LogP contribution is -2.40. The molecule has 0 spiro atoms. The van der Waals surface area contributed by atoms with Gasteiger partial charge in [-0.3, -0.25) is 0 Å². The fourth-order valence-electron chi connectivity index (χ4n) is 2.27. The summed E-state index contributed by atoms with van der Waals surface area (Å²) in [6.45, 7) is 3.61. The normalized spacial score (nSPS) is 26.3. The summed E-state index contributed by atoms with van der Waals surface area (Å²) in [6, 6.07) is 0.549. The van der Waals surface area contributed by atoms with Crippen LogP contribution in [0.4, 0.5) is 0 Å². The van der Waals surface area contributed by atoms with Crippen molar-refractivity contribution < 1.29 is 13.2 Å². The molecular weight excluding hydrogens is 264 g/mol. The van der Waals surface area contributed by atoms with E-state index in [0.717, 1.165) is 25.9 Å². The maximum Gasteiger partial charge on any atom is 0.215 e. The Morgan fingerprint density at radius 2 is 2.05 bits per heavy atom. The zero-order valence-corrected chi connectivity index (χ0v) is 12.5. The predicted molar refractivity (Wildman–Crippen MR) is 75.6 cm³/mol. The number of rotatable bonds is 8. The Bertz CT molecular complexity index is 362. The van der Waals surface area contributed by atoms with E-state index in [1.165, 1.54) is 19.3 Å². The summed E-state index contributed by atoms with van der Waals surface area (Å²) in [5.74, 6) is 0. The number of sulfonamides is 1. The first-order chi connectivity index (χ1) is 9.08. The van der Waals surface area contributed by atoms with E-state index in [9.17, 15) is 8.42 Å². The molecule has 2 aliphatic rings. The van der Waals surface area contributed by atoms with Gasteiger partial charge in [-0.2, -0.15) is 0 Å². The van der Waals surface area contributed by atoms with Crippen molar-refractivity contribution in [3.63, 3.8) is 0 Å². The van der Waals surface area contributed by atoms with E-state index < -0.39 is 10.0 Å². The molecule has 5 nitrogen and oxygen atoms in total. The van der Waals surface area contributed by atoms with E-state index in [1.807, 2.05) is 0 Å². The van der Waals surface area contributed by atoms with Gasteiger partial charge in [0.25, 0.3) is 0 Å². The van der Waals surface area contributed by atoms with Crippen LogP contribution in [0.1, 0.15) is 45.4 Å². The Hall–Kier alpha value is -0.170. The van der Waals surface area contributed by atoms with E-state index in [2.05, 4.69) is 10.0 Å². The SMILES string of the molecule is CC(CNC1CC1)S(=O)(=O)NCCC1CCCCO1. The molecule has 0 amide bonds. The van der Waals surface area contributed by atoms with Crippen LogP contribution in [0, 0.1) is 0 Å². The molecule has 2 rings (SSSR count). The van der Waals surface area contributed by atoms with Crippen molar-refractivity contribution in [1.29, 1.82) is 0 Å². The van der Waals surface area contributed by atoms with Crippen molar-refractivity contribution in [3.05, 3.63) is 0 Å². The second kappa shape index (κ2) is 7.02. The summed E-state index contributed by atoms with van der Waals surface area (Å²) in [6.07, 6.45) is 6.75. The molecule has 0 radical (unpaired) electrons.